The standard InChI is InChI=1S/C25H36N8OS/c1-16-12-20(31-24(29-16)34-19-8-6-5-7-9-19)21-13-28-25(26,35-21)23-17(2)30-22(14-27-23)33-11-10-18(15-33)32(3)4/h12-14,18-19,28H,5-11,15,26H2,1-4H3. The summed E-state index contributed by atoms with van der Waals surface area (Å²) in [5.41, 5.74) is 10.0. The number of ether oxygens (including phenoxy) is 1. The average Bonchev–Trinajstić information content (AvgIpc) is 3.47. The second-order valence-electron chi connectivity index (χ2n) is 10.1. The predicted molar refractivity (Wildman–Crippen MR) is 140 cm³/mol. The van der Waals surface area contributed by atoms with E-state index in [9.17, 15) is 0 Å². The molecule has 0 radical (unpaired) electrons. The van der Waals surface area contributed by atoms with Gasteiger partial charge in [0, 0.05) is 31.0 Å². The Kier molecular flexibility index (Phi) is 6.87. The van der Waals surface area contributed by atoms with Gasteiger partial charge in [0.25, 0.3) is 0 Å². The summed E-state index contributed by atoms with van der Waals surface area (Å²) in [5.74, 6) is 0.909. The lowest BCUT2D eigenvalue weighted by molar-refractivity contribution is 0.141. The van der Waals surface area contributed by atoms with E-state index in [1.54, 1.807) is 0 Å². The van der Waals surface area contributed by atoms with Crippen molar-refractivity contribution in [3.63, 3.8) is 0 Å². The summed E-state index contributed by atoms with van der Waals surface area (Å²) in [7, 11) is 4.26. The van der Waals surface area contributed by atoms with Gasteiger partial charge in [-0.1, -0.05) is 18.2 Å². The molecule has 188 valence electrons. The Morgan fingerprint density at radius 1 is 1.14 bits per heavy atom. The maximum absolute atomic E-state index is 6.80. The molecule has 1 saturated carbocycles. The third-order valence-corrected chi connectivity index (χ3v) is 8.28. The maximum atomic E-state index is 6.80. The van der Waals surface area contributed by atoms with Crippen LogP contribution in [0.2, 0.25) is 0 Å². The Bertz CT molecular complexity index is 1100. The van der Waals surface area contributed by atoms with Crippen molar-refractivity contribution < 1.29 is 4.74 Å². The van der Waals surface area contributed by atoms with Gasteiger partial charge in [-0.25, -0.2) is 9.97 Å². The first kappa shape index (κ1) is 24.3. The molecule has 5 rings (SSSR count). The zero-order valence-corrected chi connectivity index (χ0v) is 21.9. The van der Waals surface area contributed by atoms with Crippen LogP contribution in [-0.4, -0.2) is 64.2 Å². The monoisotopic (exact) mass is 496 g/mol. The summed E-state index contributed by atoms with van der Waals surface area (Å²) in [6.07, 6.45) is 10.9. The summed E-state index contributed by atoms with van der Waals surface area (Å²) >= 11 is 1.50. The van der Waals surface area contributed by atoms with E-state index in [0.29, 0.717) is 12.1 Å². The molecule has 35 heavy (non-hydrogen) atoms. The minimum absolute atomic E-state index is 0.204. The number of nitrogens with one attached hydrogen (secondary N) is 1. The van der Waals surface area contributed by atoms with Gasteiger partial charge in [-0.15, -0.1) is 0 Å². The highest BCUT2D eigenvalue weighted by Crippen LogP contribution is 2.44. The normalized spacial score (nSPS) is 25.1. The second-order valence-corrected chi connectivity index (χ2v) is 11.3. The Labute approximate surface area is 212 Å². The zero-order chi connectivity index (χ0) is 24.6. The van der Waals surface area contributed by atoms with Gasteiger partial charge in [-0.3, -0.25) is 10.7 Å². The third kappa shape index (κ3) is 5.24. The van der Waals surface area contributed by atoms with Gasteiger partial charge in [-0.05, 0) is 66.1 Å². The molecule has 1 aliphatic carbocycles. The van der Waals surface area contributed by atoms with Crippen LogP contribution in [0.4, 0.5) is 5.82 Å². The molecule has 2 aromatic rings. The summed E-state index contributed by atoms with van der Waals surface area (Å²) in [6.45, 7) is 5.90. The SMILES string of the molecule is Cc1cc(C2=CNC(N)(c3ncc(N4CCC(N(C)C)C4)nc3C)S2)nc(OC2CCCCC2)n1. The lowest BCUT2D eigenvalue weighted by Crippen LogP contribution is -2.44. The molecule has 2 unspecified atom stereocenters. The number of likely N-dealkylation sites (N-methyl/N-ethyl adjacent to an activating group) is 1. The topological polar surface area (TPSA) is 105 Å². The number of aryl methyl sites for hydroxylation is 2. The van der Waals surface area contributed by atoms with Crippen LogP contribution in [-0.2, 0) is 4.99 Å². The predicted octanol–water partition coefficient (Wildman–Crippen LogP) is 3.14. The van der Waals surface area contributed by atoms with E-state index < -0.39 is 4.99 Å². The average molecular weight is 497 g/mol. The number of anilines is 1. The third-order valence-electron chi connectivity index (χ3n) is 7.10. The molecule has 0 aromatic carbocycles. The molecule has 3 aliphatic rings. The number of thioether (sulfide) groups is 1. The maximum Gasteiger partial charge on any atom is 0.317 e. The van der Waals surface area contributed by atoms with Gasteiger partial charge < -0.3 is 19.9 Å². The fraction of sp³-hybridized carbons (Fsp3) is 0.600. The Morgan fingerprint density at radius 3 is 2.66 bits per heavy atom. The molecule has 2 atom stereocenters. The quantitative estimate of drug-likeness (QED) is 0.619. The molecule has 0 bridgehead atoms. The molecule has 3 N–H and O–H groups in total. The minimum atomic E-state index is -0.911. The number of hydrogen-bond donors (Lipinski definition) is 2. The van der Waals surface area contributed by atoms with Crippen molar-refractivity contribution in [3.05, 3.63) is 41.2 Å². The van der Waals surface area contributed by atoms with Crippen LogP contribution in [0.1, 0.15) is 61.3 Å². The van der Waals surface area contributed by atoms with E-state index in [0.717, 1.165) is 65.9 Å². The van der Waals surface area contributed by atoms with Gasteiger partial charge in [0.05, 0.1) is 22.5 Å². The lowest BCUT2D eigenvalue weighted by atomic mass is 9.98. The first-order valence-corrected chi connectivity index (χ1v) is 13.4. The highest BCUT2D eigenvalue weighted by molar-refractivity contribution is 8.09. The molecule has 2 aromatic heterocycles. The summed E-state index contributed by atoms with van der Waals surface area (Å²) < 4.78 is 6.14. The Balaban J connectivity index is 1.30. The molecular weight excluding hydrogens is 460 g/mol. The van der Waals surface area contributed by atoms with Crippen LogP contribution < -0.4 is 20.7 Å². The fourth-order valence-corrected chi connectivity index (χ4v) is 6.15. The van der Waals surface area contributed by atoms with Crippen LogP contribution in [0.25, 0.3) is 4.91 Å². The van der Waals surface area contributed by atoms with Crippen molar-refractivity contribution in [2.45, 2.75) is 69.5 Å². The molecular formula is C25H36N8OS. The molecule has 2 fully saturated rings. The van der Waals surface area contributed by atoms with Gasteiger partial charge in [0.2, 0.25) is 0 Å². The van der Waals surface area contributed by atoms with Crippen molar-refractivity contribution in [3.8, 4) is 6.01 Å². The van der Waals surface area contributed by atoms with E-state index in [-0.39, 0.29) is 6.10 Å². The van der Waals surface area contributed by atoms with Gasteiger partial charge >= 0.3 is 6.01 Å². The number of rotatable bonds is 6. The van der Waals surface area contributed by atoms with E-state index >= 15 is 0 Å². The van der Waals surface area contributed by atoms with Crippen molar-refractivity contribution in [1.29, 1.82) is 0 Å². The lowest BCUT2D eigenvalue weighted by Gasteiger charge is -2.26. The number of nitrogens with two attached hydrogens (primary N) is 1. The van der Waals surface area contributed by atoms with Crippen LogP contribution in [0.3, 0.4) is 0 Å². The van der Waals surface area contributed by atoms with Crippen molar-refractivity contribution in [2.75, 3.05) is 32.1 Å². The molecule has 0 amide bonds. The highest BCUT2D eigenvalue weighted by Gasteiger charge is 2.38. The minimum Gasteiger partial charge on any atom is -0.460 e. The zero-order valence-electron chi connectivity index (χ0n) is 21.1. The number of nitrogens with zero attached hydrogens (tertiary/aromatic N) is 6. The smallest absolute Gasteiger partial charge is 0.317 e. The first-order chi connectivity index (χ1) is 16.8. The Hall–Kier alpha value is -2.43. The highest BCUT2D eigenvalue weighted by atomic mass is 32.2. The molecule has 9 nitrogen and oxygen atoms in total. The van der Waals surface area contributed by atoms with Crippen LogP contribution in [0, 0.1) is 13.8 Å². The molecule has 1 saturated heterocycles. The molecule has 2 aliphatic heterocycles. The number of hydrogen-bond acceptors (Lipinski definition) is 10. The van der Waals surface area contributed by atoms with E-state index in [1.165, 1.54) is 31.0 Å². The van der Waals surface area contributed by atoms with Crippen LogP contribution >= 0.6 is 11.8 Å². The summed E-state index contributed by atoms with van der Waals surface area (Å²) in [4.78, 5) is 23.5. The van der Waals surface area contributed by atoms with Crippen LogP contribution in [0.15, 0.2) is 18.5 Å². The first-order valence-electron chi connectivity index (χ1n) is 12.5. The van der Waals surface area contributed by atoms with Crippen LogP contribution in [0.5, 0.6) is 6.01 Å². The van der Waals surface area contributed by atoms with Gasteiger partial charge in [0.1, 0.15) is 17.6 Å². The number of aromatic nitrogens is 4. The molecule has 4 heterocycles. The van der Waals surface area contributed by atoms with Crippen molar-refractivity contribution in [1.82, 2.24) is 30.2 Å². The van der Waals surface area contributed by atoms with Gasteiger partial charge in [-0.2, -0.15) is 4.98 Å². The van der Waals surface area contributed by atoms with E-state index in [4.69, 9.17) is 25.4 Å². The summed E-state index contributed by atoms with van der Waals surface area (Å²) in [5, 5.41) is 3.32. The fourth-order valence-electron chi connectivity index (χ4n) is 5.06. The van der Waals surface area contributed by atoms with Crippen molar-refractivity contribution >= 4 is 22.5 Å². The molecule has 0 spiro atoms. The van der Waals surface area contributed by atoms with Crippen molar-refractivity contribution in [2.24, 2.45) is 5.73 Å². The molecule has 10 heteroatoms. The van der Waals surface area contributed by atoms with E-state index in [2.05, 4.69) is 34.2 Å². The largest absolute Gasteiger partial charge is 0.460 e. The second kappa shape index (κ2) is 9.91. The summed E-state index contributed by atoms with van der Waals surface area (Å²) in [6, 6.07) is 2.96. The van der Waals surface area contributed by atoms with E-state index in [1.807, 2.05) is 32.3 Å². The Morgan fingerprint density at radius 2 is 1.94 bits per heavy atom. The van der Waals surface area contributed by atoms with Gasteiger partial charge in [0.15, 0.2) is 4.99 Å².